The fraction of sp³-hybridized carbons (Fsp3) is 0.343. The molecular weight excluding hydrogens is 628 g/mol. The second kappa shape index (κ2) is 15.1. The maximum absolute atomic E-state index is 15.1. The Hall–Kier alpha value is -3.92. The van der Waals surface area contributed by atoms with E-state index in [0.29, 0.717) is 33.7 Å². The van der Waals surface area contributed by atoms with Gasteiger partial charge in [-0.2, -0.15) is 4.98 Å². The van der Waals surface area contributed by atoms with Crippen molar-refractivity contribution in [3.05, 3.63) is 87.2 Å². The molecule has 1 aliphatic heterocycles. The van der Waals surface area contributed by atoms with Gasteiger partial charge in [-0.05, 0) is 100 Å². The summed E-state index contributed by atoms with van der Waals surface area (Å²) in [5, 5.41) is 3.82. The fourth-order valence-electron chi connectivity index (χ4n) is 5.38. The minimum Gasteiger partial charge on any atom is -0.490 e. The Morgan fingerprint density at radius 2 is 1.70 bits per heavy atom. The lowest BCUT2D eigenvalue weighted by Gasteiger charge is -2.26. The van der Waals surface area contributed by atoms with Gasteiger partial charge in [-0.1, -0.05) is 41.8 Å². The van der Waals surface area contributed by atoms with Crippen molar-refractivity contribution in [2.24, 2.45) is 0 Å². The Balaban J connectivity index is 1.35. The van der Waals surface area contributed by atoms with Gasteiger partial charge in [0.2, 0.25) is 11.8 Å². The SMILES string of the molecule is Cc1ccc(-c2cc(OC(=O)N(C)c3cc(Cl)cc(Cl)c3)nc(Nc3ccc(OCCCN4CCCCC4)c(F)c3)n2)c(C)c1C. The first-order chi connectivity index (χ1) is 22.1. The summed E-state index contributed by atoms with van der Waals surface area (Å²) < 4.78 is 26.5. The number of nitrogens with zero attached hydrogens (tertiary/aromatic N) is 4. The van der Waals surface area contributed by atoms with Crippen LogP contribution < -0.4 is 19.7 Å². The molecule has 0 aliphatic carbocycles. The Bertz CT molecular complexity index is 1690. The summed E-state index contributed by atoms with van der Waals surface area (Å²) in [7, 11) is 1.54. The average molecular weight is 667 g/mol. The van der Waals surface area contributed by atoms with E-state index in [1.807, 2.05) is 32.9 Å². The summed E-state index contributed by atoms with van der Waals surface area (Å²) in [5.74, 6) is -0.189. The maximum Gasteiger partial charge on any atom is 0.420 e. The minimum absolute atomic E-state index is 0.00392. The topological polar surface area (TPSA) is 79.8 Å². The van der Waals surface area contributed by atoms with E-state index >= 15 is 4.39 Å². The summed E-state index contributed by atoms with van der Waals surface area (Å²) in [6.45, 7) is 9.72. The van der Waals surface area contributed by atoms with Crippen molar-refractivity contribution < 1.29 is 18.7 Å². The molecular formula is C35H38Cl2FN5O3. The first-order valence-corrected chi connectivity index (χ1v) is 16.1. The molecule has 2 heterocycles. The number of aromatic nitrogens is 2. The quantitative estimate of drug-likeness (QED) is 0.169. The van der Waals surface area contributed by atoms with Gasteiger partial charge in [0.05, 0.1) is 12.3 Å². The summed E-state index contributed by atoms with van der Waals surface area (Å²) in [6.07, 6.45) is 3.89. The van der Waals surface area contributed by atoms with E-state index in [2.05, 4.69) is 15.2 Å². The van der Waals surface area contributed by atoms with Crippen LogP contribution in [0.1, 0.15) is 42.4 Å². The van der Waals surface area contributed by atoms with Crippen molar-refractivity contribution in [1.29, 1.82) is 0 Å². The molecule has 1 aromatic heterocycles. The van der Waals surface area contributed by atoms with Crippen LogP contribution in [0.4, 0.5) is 26.5 Å². The Labute approximate surface area is 279 Å². The monoisotopic (exact) mass is 665 g/mol. The van der Waals surface area contributed by atoms with Crippen LogP contribution in [-0.4, -0.2) is 54.2 Å². The molecule has 4 aromatic rings. The average Bonchev–Trinajstić information content (AvgIpc) is 3.02. The lowest BCUT2D eigenvalue weighted by atomic mass is 9.97. The van der Waals surface area contributed by atoms with Crippen molar-refractivity contribution in [3.63, 3.8) is 0 Å². The van der Waals surface area contributed by atoms with Gasteiger partial charge in [-0.15, -0.1) is 0 Å². The Kier molecular flexibility index (Phi) is 11.0. The lowest BCUT2D eigenvalue weighted by Crippen LogP contribution is -2.31. The zero-order valence-corrected chi connectivity index (χ0v) is 28.0. The molecule has 1 saturated heterocycles. The summed E-state index contributed by atoms with van der Waals surface area (Å²) in [6, 6.07) is 15.0. The van der Waals surface area contributed by atoms with Crippen LogP contribution in [0.25, 0.3) is 11.3 Å². The lowest BCUT2D eigenvalue weighted by molar-refractivity contribution is 0.203. The van der Waals surface area contributed by atoms with Crippen LogP contribution in [0.3, 0.4) is 0 Å². The van der Waals surface area contributed by atoms with Gasteiger partial charge in [0.25, 0.3) is 0 Å². The molecule has 0 unspecified atom stereocenters. The number of aryl methyl sites for hydroxylation is 1. The number of nitrogens with one attached hydrogen (secondary N) is 1. The van der Waals surface area contributed by atoms with E-state index in [0.717, 1.165) is 48.3 Å². The number of piperidine rings is 1. The molecule has 1 amide bonds. The molecule has 5 rings (SSSR count). The van der Waals surface area contributed by atoms with Gasteiger partial charge in [0.15, 0.2) is 11.6 Å². The first kappa shape index (κ1) is 33.4. The van der Waals surface area contributed by atoms with E-state index in [4.69, 9.17) is 37.7 Å². The highest BCUT2D eigenvalue weighted by Gasteiger charge is 2.19. The molecule has 1 N–H and O–H groups in total. The molecule has 0 bridgehead atoms. The van der Waals surface area contributed by atoms with E-state index in [9.17, 15) is 4.79 Å². The number of carbonyl (C=O) groups excluding carboxylic acids is 1. The second-order valence-corrected chi connectivity index (χ2v) is 12.4. The standard InChI is InChI=1S/C35H38Cl2FN5O3/c1-22-9-11-29(24(3)23(22)2)31-21-33(46-35(44)42(4)28-18-25(36)17-26(37)19-28)41-34(40-31)39-27-10-12-32(30(38)20-27)45-16-8-15-43-13-6-5-7-14-43/h9-12,17-21H,5-8,13-16H2,1-4H3,(H,39,40,41). The normalized spacial score (nSPS) is 13.4. The van der Waals surface area contributed by atoms with Crippen molar-refractivity contribution in [2.45, 2.75) is 46.5 Å². The number of benzene rings is 3. The zero-order chi connectivity index (χ0) is 32.8. The van der Waals surface area contributed by atoms with Gasteiger partial charge in [0.1, 0.15) is 0 Å². The van der Waals surface area contributed by atoms with Crippen LogP contribution in [0, 0.1) is 26.6 Å². The highest BCUT2D eigenvalue weighted by Crippen LogP contribution is 2.31. The number of amides is 1. The van der Waals surface area contributed by atoms with Gasteiger partial charge >= 0.3 is 6.09 Å². The molecule has 0 saturated carbocycles. The van der Waals surface area contributed by atoms with Gasteiger partial charge in [0, 0.05) is 52.7 Å². The van der Waals surface area contributed by atoms with E-state index < -0.39 is 11.9 Å². The third-order valence-corrected chi connectivity index (χ3v) is 8.69. The number of anilines is 3. The van der Waals surface area contributed by atoms with Crippen LogP contribution in [0.2, 0.25) is 10.0 Å². The largest absolute Gasteiger partial charge is 0.490 e. The van der Waals surface area contributed by atoms with E-state index in [1.54, 1.807) is 43.4 Å². The van der Waals surface area contributed by atoms with Crippen LogP contribution >= 0.6 is 23.2 Å². The van der Waals surface area contributed by atoms with Crippen molar-refractivity contribution in [3.8, 4) is 22.9 Å². The number of hydrogen-bond acceptors (Lipinski definition) is 7. The van der Waals surface area contributed by atoms with Gasteiger partial charge in [-0.25, -0.2) is 14.2 Å². The maximum atomic E-state index is 15.1. The molecule has 46 heavy (non-hydrogen) atoms. The number of halogens is 3. The Morgan fingerprint density at radius 1 is 0.957 bits per heavy atom. The molecule has 8 nitrogen and oxygen atoms in total. The molecule has 0 atom stereocenters. The molecule has 0 spiro atoms. The first-order valence-electron chi connectivity index (χ1n) is 15.4. The highest BCUT2D eigenvalue weighted by molar-refractivity contribution is 6.35. The predicted octanol–water partition coefficient (Wildman–Crippen LogP) is 9.15. The number of carbonyl (C=O) groups is 1. The molecule has 11 heteroatoms. The van der Waals surface area contributed by atoms with Crippen molar-refractivity contribution in [1.82, 2.24) is 14.9 Å². The predicted molar refractivity (Wildman–Crippen MR) is 183 cm³/mol. The van der Waals surface area contributed by atoms with Gasteiger partial charge < -0.3 is 19.7 Å². The van der Waals surface area contributed by atoms with Crippen LogP contribution in [0.15, 0.2) is 54.6 Å². The number of likely N-dealkylation sites (tertiary alicyclic amines) is 1. The van der Waals surface area contributed by atoms with Crippen LogP contribution in [-0.2, 0) is 0 Å². The third kappa shape index (κ3) is 8.46. The number of hydrogen-bond donors (Lipinski definition) is 1. The summed E-state index contributed by atoms with van der Waals surface area (Å²) >= 11 is 12.3. The third-order valence-electron chi connectivity index (χ3n) is 8.25. The van der Waals surface area contributed by atoms with Crippen molar-refractivity contribution in [2.75, 3.05) is 43.5 Å². The van der Waals surface area contributed by atoms with E-state index in [-0.39, 0.29) is 17.6 Å². The minimum atomic E-state index is -0.710. The Morgan fingerprint density at radius 3 is 2.41 bits per heavy atom. The molecule has 0 radical (unpaired) electrons. The summed E-state index contributed by atoms with van der Waals surface area (Å²) in [5.41, 5.74) is 5.53. The highest BCUT2D eigenvalue weighted by atomic mass is 35.5. The number of ether oxygens (including phenoxy) is 2. The zero-order valence-electron chi connectivity index (χ0n) is 26.5. The second-order valence-electron chi connectivity index (χ2n) is 11.5. The number of rotatable bonds is 10. The fourth-order valence-corrected chi connectivity index (χ4v) is 5.89. The van der Waals surface area contributed by atoms with Crippen LogP contribution in [0.5, 0.6) is 11.6 Å². The van der Waals surface area contributed by atoms with E-state index in [1.165, 1.54) is 30.2 Å². The van der Waals surface area contributed by atoms with Gasteiger partial charge in [-0.3, -0.25) is 4.90 Å². The molecule has 242 valence electrons. The molecule has 1 aliphatic rings. The molecule has 3 aromatic carbocycles. The molecule has 1 fully saturated rings. The smallest absolute Gasteiger partial charge is 0.420 e. The summed E-state index contributed by atoms with van der Waals surface area (Å²) in [4.78, 5) is 26.0. The van der Waals surface area contributed by atoms with Crippen molar-refractivity contribution >= 4 is 46.6 Å².